The average molecular weight is 531 g/mol. The molecule has 38 heavy (non-hydrogen) atoms. The van der Waals surface area contributed by atoms with E-state index in [1.54, 1.807) is 24.4 Å². The monoisotopic (exact) mass is 530 g/mol. The molecule has 2 saturated carbocycles. The highest BCUT2D eigenvalue weighted by atomic mass is 35.5. The minimum atomic E-state index is -0.396. The summed E-state index contributed by atoms with van der Waals surface area (Å²) in [4.78, 5) is 4.48. The van der Waals surface area contributed by atoms with Gasteiger partial charge in [0.05, 0.1) is 40.1 Å². The molecule has 2 aliphatic rings. The van der Waals surface area contributed by atoms with Gasteiger partial charge in [-0.2, -0.15) is 5.26 Å². The number of nitrogens with zero attached hydrogens (tertiary/aromatic N) is 5. The van der Waals surface area contributed by atoms with Crippen LogP contribution in [0.2, 0.25) is 5.02 Å². The number of pyridine rings is 1. The third-order valence-electron chi connectivity index (χ3n) is 7.45. The van der Waals surface area contributed by atoms with Gasteiger partial charge < -0.3 is 16.4 Å². The molecule has 0 aliphatic heterocycles. The van der Waals surface area contributed by atoms with Gasteiger partial charge in [-0.15, -0.1) is 5.10 Å². The van der Waals surface area contributed by atoms with Crippen LogP contribution in [0.3, 0.4) is 0 Å². The molecular weight excluding hydrogens is 503 g/mol. The molecule has 0 bridgehead atoms. The Morgan fingerprint density at radius 2 is 1.92 bits per heavy atom. The molecule has 4 aromatic rings. The lowest BCUT2D eigenvalue weighted by Crippen LogP contribution is -2.42. The van der Waals surface area contributed by atoms with E-state index < -0.39 is 6.04 Å². The largest absolute Gasteiger partial charge is 0.379 e. The molecule has 2 heterocycles. The first-order valence-corrected chi connectivity index (χ1v) is 13.4. The van der Waals surface area contributed by atoms with Gasteiger partial charge in [-0.05, 0) is 55.5 Å². The quantitative estimate of drug-likeness (QED) is 0.280. The normalized spacial score (nSPS) is 20.2. The first kappa shape index (κ1) is 24.6. The van der Waals surface area contributed by atoms with Gasteiger partial charge in [-0.25, -0.2) is 9.07 Å². The SMILES string of the molecule is N#Cc1cnc2c(Cl)cc(NC(c3ccc(F)cc3)c3cn(C4CC4)nn3)cc2c1N[C@H]1CCCC[C@H]1N. The first-order valence-electron chi connectivity index (χ1n) is 13.0. The lowest BCUT2D eigenvalue weighted by atomic mass is 9.90. The van der Waals surface area contributed by atoms with Crippen molar-refractivity contribution in [3.8, 4) is 6.07 Å². The van der Waals surface area contributed by atoms with Crippen LogP contribution in [0.1, 0.15) is 67.4 Å². The second-order valence-corrected chi connectivity index (χ2v) is 10.6. The lowest BCUT2D eigenvalue weighted by Gasteiger charge is -2.31. The van der Waals surface area contributed by atoms with Gasteiger partial charge in [0.15, 0.2) is 0 Å². The Hall–Kier alpha value is -3.74. The molecule has 6 rings (SSSR count). The molecule has 10 heteroatoms. The van der Waals surface area contributed by atoms with Crippen molar-refractivity contribution in [1.29, 1.82) is 5.26 Å². The standard InChI is InChI=1S/C28H28ClFN8/c29-22-12-19(11-21-26(17(13-31)14-33-28(21)22)35-24-4-2-1-3-23(24)32)34-27(16-5-7-18(30)8-6-16)25-15-38(37-36-25)20-9-10-20/h5-8,11-12,14-15,20,23-24,27,34H,1-4,9-10,32H2,(H,33,35)/t23-,24+,27?/m1/s1. The molecule has 2 fully saturated rings. The molecule has 194 valence electrons. The van der Waals surface area contributed by atoms with Crippen molar-refractivity contribution in [3.05, 3.63) is 76.5 Å². The van der Waals surface area contributed by atoms with E-state index in [2.05, 4.69) is 32.0 Å². The second-order valence-electron chi connectivity index (χ2n) is 10.2. The second kappa shape index (κ2) is 10.2. The maximum atomic E-state index is 13.7. The van der Waals surface area contributed by atoms with E-state index in [1.165, 1.54) is 12.1 Å². The summed E-state index contributed by atoms with van der Waals surface area (Å²) in [5.74, 6) is -0.311. The zero-order chi connectivity index (χ0) is 26.2. The molecule has 3 atom stereocenters. The first-order chi connectivity index (χ1) is 18.5. The Balaban J connectivity index is 1.41. The highest BCUT2D eigenvalue weighted by Gasteiger charge is 2.28. The van der Waals surface area contributed by atoms with E-state index in [4.69, 9.17) is 17.3 Å². The summed E-state index contributed by atoms with van der Waals surface area (Å²) < 4.78 is 15.6. The zero-order valence-electron chi connectivity index (χ0n) is 20.7. The van der Waals surface area contributed by atoms with Gasteiger partial charge in [-0.1, -0.05) is 41.8 Å². The fourth-order valence-electron chi connectivity index (χ4n) is 5.20. The molecule has 4 N–H and O–H groups in total. The summed E-state index contributed by atoms with van der Waals surface area (Å²) in [6.45, 7) is 0. The number of rotatable bonds is 7. The van der Waals surface area contributed by atoms with Crippen LogP contribution in [-0.4, -0.2) is 32.1 Å². The Labute approximate surface area is 225 Å². The van der Waals surface area contributed by atoms with E-state index in [9.17, 15) is 9.65 Å². The minimum Gasteiger partial charge on any atom is -0.379 e. The van der Waals surface area contributed by atoms with Crippen LogP contribution in [0.5, 0.6) is 0 Å². The van der Waals surface area contributed by atoms with E-state index in [1.807, 2.05) is 16.9 Å². The van der Waals surface area contributed by atoms with Crippen molar-refractivity contribution >= 4 is 33.9 Å². The van der Waals surface area contributed by atoms with Crippen molar-refractivity contribution in [2.75, 3.05) is 10.6 Å². The number of hydrogen-bond acceptors (Lipinski definition) is 7. The van der Waals surface area contributed by atoms with Gasteiger partial charge in [0.1, 0.15) is 17.6 Å². The summed E-state index contributed by atoms with van der Waals surface area (Å²) in [6, 6.07) is 12.4. The Kier molecular flexibility index (Phi) is 6.60. The van der Waals surface area contributed by atoms with Gasteiger partial charge in [-0.3, -0.25) is 4.98 Å². The highest BCUT2D eigenvalue weighted by molar-refractivity contribution is 6.35. The number of halogens is 2. The molecule has 2 aromatic heterocycles. The molecule has 2 aromatic carbocycles. The minimum absolute atomic E-state index is 0.00669. The number of anilines is 2. The van der Waals surface area contributed by atoms with Crippen LogP contribution in [0.15, 0.2) is 48.8 Å². The Bertz CT molecular complexity index is 1510. The summed E-state index contributed by atoms with van der Waals surface area (Å²) in [5, 5.41) is 26.9. The molecule has 0 spiro atoms. The predicted molar refractivity (Wildman–Crippen MR) is 145 cm³/mol. The number of nitrogens with two attached hydrogens (primary N) is 1. The van der Waals surface area contributed by atoms with E-state index in [-0.39, 0.29) is 17.9 Å². The van der Waals surface area contributed by atoms with Gasteiger partial charge >= 0.3 is 0 Å². The predicted octanol–water partition coefficient (Wildman–Crippen LogP) is 5.71. The summed E-state index contributed by atoms with van der Waals surface area (Å²) in [5.41, 5.74) is 10.4. The molecule has 1 unspecified atom stereocenters. The molecule has 8 nitrogen and oxygen atoms in total. The average Bonchev–Trinajstić information content (AvgIpc) is 3.66. The lowest BCUT2D eigenvalue weighted by molar-refractivity contribution is 0.404. The molecule has 0 amide bonds. The van der Waals surface area contributed by atoms with Gasteiger partial charge in [0.2, 0.25) is 0 Å². The van der Waals surface area contributed by atoms with Crippen molar-refractivity contribution in [2.45, 2.75) is 62.7 Å². The van der Waals surface area contributed by atoms with Gasteiger partial charge in [0, 0.05) is 29.4 Å². The summed E-state index contributed by atoms with van der Waals surface area (Å²) in [7, 11) is 0. The molecule has 2 aliphatic carbocycles. The fraction of sp³-hybridized carbons (Fsp3) is 0.357. The maximum Gasteiger partial charge on any atom is 0.123 e. The smallest absolute Gasteiger partial charge is 0.123 e. The number of fused-ring (bicyclic) bond motifs is 1. The van der Waals surface area contributed by atoms with Crippen LogP contribution in [0.25, 0.3) is 10.9 Å². The van der Waals surface area contributed by atoms with Crippen LogP contribution >= 0.6 is 11.6 Å². The van der Waals surface area contributed by atoms with Crippen molar-refractivity contribution < 1.29 is 4.39 Å². The van der Waals surface area contributed by atoms with Gasteiger partial charge in [0.25, 0.3) is 0 Å². The summed E-state index contributed by atoms with van der Waals surface area (Å²) in [6.07, 6.45) is 9.74. The number of benzene rings is 2. The third kappa shape index (κ3) is 4.89. The highest BCUT2D eigenvalue weighted by Crippen LogP contribution is 2.38. The zero-order valence-corrected chi connectivity index (χ0v) is 21.5. The number of nitrogens with one attached hydrogen (secondary N) is 2. The molecule has 0 radical (unpaired) electrons. The molecular formula is C28H28ClFN8. The van der Waals surface area contributed by atoms with Crippen LogP contribution < -0.4 is 16.4 Å². The summed E-state index contributed by atoms with van der Waals surface area (Å²) >= 11 is 6.73. The Morgan fingerprint density at radius 1 is 1.13 bits per heavy atom. The number of aromatic nitrogens is 4. The van der Waals surface area contributed by atoms with Crippen LogP contribution in [0, 0.1) is 17.1 Å². The number of hydrogen-bond donors (Lipinski definition) is 3. The number of nitriles is 1. The van der Waals surface area contributed by atoms with E-state index in [0.29, 0.717) is 33.5 Å². The van der Waals surface area contributed by atoms with Crippen LogP contribution in [0.4, 0.5) is 15.8 Å². The van der Waals surface area contributed by atoms with Crippen molar-refractivity contribution in [1.82, 2.24) is 20.0 Å². The molecule has 0 saturated heterocycles. The van der Waals surface area contributed by atoms with E-state index >= 15 is 0 Å². The topological polar surface area (TPSA) is 117 Å². The van der Waals surface area contributed by atoms with Crippen molar-refractivity contribution in [2.24, 2.45) is 5.73 Å². The van der Waals surface area contributed by atoms with Crippen LogP contribution in [-0.2, 0) is 0 Å². The fourth-order valence-corrected chi connectivity index (χ4v) is 5.47. The third-order valence-corrected chi connectivity index (χ3v) is 7.74. The van der Waals surface area contributed by atoms with E-state index in [0.717, 1.165) is 55.2 Å². The maximum absolute atomic E-state index is 13.7. The van der Waals surface area contributed by atoms with Crippen molar-refractivity contribution in [3.63, 3.8) is 0 Å². The Morgan fingerprint density at radius 3 is 2.66 bits per heavy atom.